The summed E-state index contributed by atoms with van der Waals surface area (Å²) in [6, 6.07) is 9.48. The van der Waals surface area contributed by atoms with Gasteiger partial charge in [0.1, 0.15) is 12.4 Å². The van der Waals surface area contributed by atoms with Crippen LogP contribution in [0.3, 0.4) is 0 Å². The van der Waals surface area contributed by atoms with E-state index in [1.165, 1.54) is 24.3 Å². The number of nitrogens with one attached hydrogen (secondary N) is 1. The maximum atomic E-state index is 13.2. The fraction of sp³-hybridized carbons (Fsp3) is 0.318. The lowest BCUT2D eigenvalue weighted by molar-refractivity contribution is -0.122. The Hall–Kier alpha value is -3.02. The molecule has 0 radical (unpaired) electrons. The van der Waals surface area contributed by atoms with Gasteiger partial charge in [-0.3, -0.25) is 14.6 Å². The molecule has 1 saturated carbocycles. The quantitative estimate of drug-likeness (QED) is 0.864. The van der Waals surface area contributed by atoms with Crippen LogP contribution in [0.1, 0.15) is 30.4 Å². The van der Waals surface area contributed by atoms with Crippen molar-refractivity contribution in [3.63, 3.8) is 0 Å². The number of anilines is 2. The monoisotopic (exact) mass is 379 g/mol. The second kappa shape index (κ2) is 7.19. The van der Waals surface area contributed by atoms with Crippen molar-refractivity contribution in [1.29, 1.82) is 0 Å². The van der Waals surface area contributed by atoms with Gasteiger partial charge in [0.25, 0.3) is 0 Å². The number of benzene rings is 2. The van der Waals surface area contributed by atoms with E-state index in [9.17, 15) is 14.0 Å². The van der Waals surface area contributed by atoms with Crippen LogP contribution in [0.2, 0.25) is 0 Å². The molecule has 28 heavy (non-hydrogen) atoms. The molecule has 1 N–H and O–H groups in total. The standard InChI is InChI=1S/C22H22FN3O2/c1-13-10-19-20(11-14(13)2)26(22(28)17-4-3-5-18(17)25-19)12-21(27)24-16-8-6-15(23)7-9-16/h6-11,17H,3-5,12H2,1-2H3,(H,24,27). The number of rotatable bonds is 3. The molecular formula is C22H22FN3O2. The van der Waals surface area contributed by atoms with E-state index in [0.29, 0.717) is 11.4 Å². The maximum absolute atomic E-state index is 13.2. The number of fused-ring (bicyclic) bond motifs is 2. The van der Waals surface area contributed by atoms with Crippen LogP contribution in [0.5, 0.6) is 0 Å². The van der Waals surface area contributed by atoms with Crippen LogP contribution in [0.4, 0.5) is 21.5 Å². The molecule has 0 spiro atoms. The van der Waals surface area contributed by atoms with Gasteiger partial charge < -0.3 is 10.2 Å². The molecule has 2 amide bonds. The van der Waals surface area contributed by atoms with Crippen molar-refractivity contribution in [3.05, 3.63) is 53.3 Å². The summed E-state index contributed by atoms with van der Waals surface area (Å²) < 4.78 is 13.1. The van der Waals surface area contributed by atoms with E-state index in [1.54, 1.807) is 4.90 Å². The highest BCUT2D eigenvalue weighted by atomic mass is 19.1. The Kier molecular flexibility index (Phi) is 4.71. The predicted octanol–water partition coefficient (Wildman–Crippen LogP) is 4.30. The van der Waals surface area contributed by atoms with Crippen molar-refractivity contribution >= 4 is 34.6 Å². The van der Waals surface area contributed by atoms with Crippen LogP contribution in [0.15, 0.2) is 41.4 Å². The molecule has 1 aliphatic heterocycles. The second-order valence-electron chi connectivity index (χ2n) is 7.45. The maximum Gasteiger partial charge on any atom is 0.244 e. The summed E-state index contributed by atoms with van der Waals surface area (Å²) >= 11 is 0. The lowest BCUT2D eigenvalue weighted by atomic mass is 10.0. The van der Waals surface area contributed by atoms with Crippen LogP contribution in [-0.4, -0.2) is 24.1 Å². The molecule has 1 fully saturated rings. The first-order chi connectivity index (χ1) is 13.4. The Morgan fingerprint density at radius 1 is 1.21 bits per heavy atom. The molecule has 0 bridgehead atoms. The summed E-state index contributed by atoms with van der Waals surface area (Å²) in [4.78, 5) is 32.2. The molecule has 5 nitrogen and oxygen atoms in total. The second-order valence-corrected chi connectivity index (χ2v) is 7.45. The lowest BCUT2D eigenvalue weighted by Crippen LogP contribution is -2.42. The van der Waals surface area contributed by atoms with Crippen molar-refractivity contribution in [1.82, 2.24) is 0 Å². The smallest absolute Gasteiger partial charge is 0.244 e. The van der Waals surface area contributed by atoms with Crippen LogP contribution < -0.4 is 10.2 Å². The molecule has 0 saturated heterocycles. The summed E-state index contributed by atoms with van der Waals surface area (Å²) in [6.07, 6.45) is 2.52. The molecule has 1 aliphatic carbocycles. The van der Waals surface area contributed by atoms with Gasteiger partial charge in [-0.25, -0.2) is 4.39 Å². The van der Waals surface area contributed by atoms with Crippen LogP contribution in [0, 0.1) is 25.6 Å². The molecule has 1 unspecified atom stereocenters. The van der Waals surface area contributed by atoms with Gasteiger partial charge in [-0.15, -0.1) is 0 Å². The van der Waals surface area contributed by atoms with E-state index in [-0.39, 0.29) is 30.1 Å². The summed E-state index contributed by atoms with van der Waals surface area (Å²) in [7, 11) is 0. The fourth-order valence-electron chi connectivity index (χ4n) is 3.82. The fourth-order valence-corrected chi connectivity index (χ4v) is 3.82. The molecule has 1 heterocycles. The number of amides is 2. The highest BCUT2D eigenvalue weighted by Crippen LogP contribution is 2.39. The number of halogens is 1. The predicted molar refractivity (Wildman–Crippen MR) is 108 cm³/mol. The zero-order valence-corrected chi connectivity index (χ0v) is 16.0. The van der Waals surface area contributed by atoms with E-state index in [2.05, 4.69) is 5.32 Å². The van der Waals surface area contributed by atoms with Gasteiger partial charge in [0.15, 0.2) is 0 Å². The summed E-state index contributed by atoms with van der Waals surface area (Å²) in [5, 5.41) is 2.74. The number of carbonyl (C=O) groups excluding carboxylic acids is 2. The minimum atomic E-state index is -0.369. The van der Waals surface area contributed by atoms with E-state index in [1.807, 2.05) is 26.0 Å². The molecule has 144 valence electrons. The largest absolute Gasteiger partial charge is 0.325 e. The van der Waals surface area contributed by atoms with Crippen molar-refractivity contribution in [2.45, 2.75) is 33.1 Å². The third-order valence-corrected chi connectivity index (χ3v) is 5.47. The number of carbonyl (C=O) groups is 2. The zero-order chi connectivity index (χ0) is 19.8. The van der Waals surface area contributed by atoms with Crippen LogP contribution in [-0.2, 0) is 9.59 Å². The van der Waals surface area contributed by atoms with Crippen molar-refractivity contribution < 1.29 is 14.0 Å². The van der Waals surface area contributed by atoms with E-state index >= 15 is 0 Å². The normalized spacial score (nSPS) is 18.2. The molecule has 1 atom stereocenters. The Bertz CT molecular complexity index is 982. The molecule has 2 aromatic carbocycles. The molecular weight excluding hydrogens is 357 g/mol. The van der Waals surface area contributed by atoms with Gasteiger partial charge in [0.2, 0.25) is 11.8 Å². The number of hydrogen-bond acceptors (Lipinski definition) is 3. The van der Waals surface area contributed by atoms with Crippen LogP contribution >= 0.6 is 0 Å². The van der Waals surface area contributed by atoms with Gasteiger partial charge in [-0.1, -0.05) is 0 Å². The first-order valence-electron chi connectivity index (χ1n) is 9.48. The number of aliphatic imine (C=N–C) groups is 1. The molecule has 2 aromatic rings. The summed E-state index contributed by atoms with van der Waals surface area (Å²) in [6.45, 7) is 3.89. The summed E-state index contributed by atoms with van der Waals surface area (Å²) in [5.74, 6) is -1.03. The van der Waals surface area contributed by atoms with Gasteiger partial charge in [-0.2, -0.15) is 0 Å². The molecule has 2 aliphatic rings. The van der Waals surface area contributed by atoms with Crippen molar-refractivity contribution in [2.24, 2.45) is 10.9 Å². The van der Waals surface area contributed by atoms with Gasteiger partial charge in [0.05, 0.1) is 17.3 Å². The molecule has 6 heteroatoms. The van der Waals surface area contributed by atoms with E-state index in [4.69, 9.17) is 4.99 Å². The highest BCUT2D eigenvalue weighted by Gasteiger charge is 2.37. The van der Waals surface area contributed by atoms with Gasteiger partial charge >= 0.3 is 0 Å². The highest BCUT2D eigenvalue weighted by molar-refractivity contribution is 6.16. The topological polar surface area (TPSA) is 61.8 Å². The number of nitrogens with zero attached hydrogens (tertiary/aromatic N) is 2. The minimum Gasteiger partial charge on any atom is -0.325 e. The Balaban J connectivity index is 1.65. The lowest BCUT2D eigenvalue weighted by Gasteiger charge is -2.25. The summed E-state index contributed by atoms with van der Waals surface area (Å²) in [5.41, 5.74) is 4.96. The van der Waals surface area contributed by atoms with Crippen molar-refractivity contribution in [3.8, 4) is 0 Å². The average molecular weight is 379 g/mol. The molecule has 0 aromatic heterocycles. The van der Waals surface area contributed by atoms with E-state index < -0.39 is 0 Å². The Morgan fingerprint density at radius 2 is 1.93 bits per heavy atom. The zero-order valence-electron chi connectivity index (χ0n) is 16.0. The first kappa shape index (κ1) is 18.3. The number of hydrogen-bond donors (Lipinski definition) is 1. The Morgan fingerprint density at radius 3 is 2.68 bits per heavy atom. The number of aryl methyl sites for hydroxylation is 2. The molecule has 4 rings (SSSR count). The van der Waals surface area contributed by atoms with Gasteiger partial charge in [-0.05, 0) is 80.6 Å². The average Bonchev–Trinajstić information content (AvgIpc) is 3.09. The van der Waals surface area contributed by atoms with Crippen LogP contribution in [0.25, 0.3) is 0 Å². The van der Waals surface area contributed by atoms with E-state index in [0.717, 1.165) is 41.8 Å². The minimum absolute atomic E-state index is 0.0764. The SMILES string of the molecule is Cc1cc2c(cc1C)N(CC(=O)Nc1ccc(F)cc1)C(=O)C1CCCC1=N2. The Labute approximate surface area is 163 Å². The third kappa shape index (κ3) is 3.42. The first-order valence-corrected chi connectivity index (χ1v) is 9.48. The van der Waals surface area contributed by atoms with Gasteiger partial charge in [0, 0.05) is 11.4 Å². The van der Waals surface area contributed by atoms with Crippen molar-refractivity contribution in [2.75, 3.05) is 16.8 Å². The third-order valence-electron chi connectivity index (χ3n) is 5.47.